The summed E-state index contributed by atoms with van der Waals surface area (Å²) < 4.78 is 13.2. The molecule has 0 bridgehead atoms. The highest BCUT2D eigenvalue weighted by Gasteiger charge is 2.12. The predicted octanol–water partition coefficient (Wildman–Crippen LogP) is 4.34. The van der Waals surface area contributed by atoms with Crippen molar-refractivity contribution >= 4 is 11.6 Å². The molecule has 0 amide bonds. The minimum absolute atomic E-state index is 0.181. The van der Waals surface area contributed by atoms with Gasteiger partial charge in [0, 0.05) is 11.1 Å². The minimum Gasteiger partial charge on any atom is -0.324 e. The van der Waals surface area contributed by atoms with E-state index in [1.54, 1.807) is 6.07 Å². The Balaban J connectivity index is 2.27. The molecule has 19 heavy (non-hydrogen) atoms. The van der Waals surface area contributed by atoms with Crippen molar-refractivity contribution in [2.45, 2.75) is 26.3 Å². The molecule has 0 fully saturated rings. The summed E-state index contributed by atoms with van der Waals surface area (Å²) in [7, 11) is 0. The number of hydrogen-bond donors (Lipinski definition) is 1. The number of aryl methyl sites for hydroxylation is 2. The molecule has 0 spiro atoms. The van der Waals surface area contributed by atoms with E-state index in [1.165, 1.54) is 17.7 Å². The number of nitrogens with two attached hydrogens (primary N) is 1. The first-order chi connectivity index (χ1) is 8.97. The minimum atomic E-state index is -0.285. The zero-order valence-corrected chi connectivity index (χ0v) is 11.8. The fraction of sp³-hybridized carbons (Fsp3) is 0.250. The molecule has 3 heteroatoms. The van der Waals surface area contributed by atoms with Crippen LogP contribution >= 0.6 is 11.6 Å². The van der Waals surface area contributed by atoms with Gasteiger partial charge in [-0.15, -0.1) is 0 Å². The van der Waals surface area contributed by atoms with Gasteiger partial charge in [0.2, 0.25) is 0 Å². The van der Waals surface area contributed by atoms with Crippen LogP contribution in [0.15, 0.2) is 36.4 Å². The van der Waals surface area contributed by atoms with Crippen LogP contribution in [0.2, 0.25) is 5.02 Å². The predicted molar refractivity (Wildman–Crippen MR) is 78.0 cm³/mol. The molecule has 100 valence electrons. The lowest BCUT2D eigenvalue weighted by Gasteiger charge is -2.16. The quantitative estimate of drug-likeness (QED) is 0.887. The molecule has 1 unspecified atom stereocenters. The van der Waals surface area contributed by atoms with E-state index in [1.807, 2.05) is 13.8 Å². The van der Waals surface area contributed by atoms with E-state index in [9.17, 15) is 4.39 Å². The van der Waals surface area contributed by atoms with Crippen LogP contribution in [0, 0.1) is 19.7 Å². The Morgan fingerprint density at radius 2 is 1.89 bits per heavy atom. The molecule has 2 rings (SSSR count). The molecular weight excluding hydrogens is 261 g/mol. The standard InChI is InChI=1S/C16H17ClFN/c1-10-3-4-11(2)14(7-10)16(19)9-12-8-13(18)5-6-15(12)17/h3-8,16H,9,19H2,1-2H3. The largest absolute Gasteiger partial charge is 0.324 e. The van der Waals surface area contributed by atoms with Crippen molar-refractivity contribution in [2.24, 2.45) is 5.73 Å². The third-order valence-corrected chi connectivity index (χ3v) is 3.65. The third kappa shape index (κ3) is 3.34. The van der Waals surface area contributed by atoms with Crippen LogP contribution in [-0.4, -0.2) is 0 Å². The Labute approximate surface area is 118 Å². The number of benzene rings is 2. The van der Waals surface area contributed by atoms with E-state index < -0.39 is 0 Å². The van der Waals surface area contributed by atoms with E-state index in [4.69, 9.17) is 17.3 Å². The Hall–Kier alpha value is -1.38. The van der Waals surface area contributed by atoms with Gasteiger partial charge in [0.1, 0.15) is 5.82 Å². The fourth-order valence-corrected chi connectivity index (χ4v) is 2.40. The van der Waals surface area contributed by atoms with Crippen LogP contribution in [0.1, 0.15) is 28.3 Å². The second kappa shape index (κ2) is 5.72. The van der Waals surface area contributed by atoms with Crippen LogP contribution in [-0.2, 0) is 6.42 Å². The van der Waals surface area contributed by atoms with Gasteiger partial charge in [-0.2, -0.15) is 0 Å². The second-order valence-electron chi connectivity index (χ2n) is 4.91. The molecule has 0 aliphatic carbocycles. The molecule has 0 aromatic heterocycles. The van der Waals surface area contributed by atoms with Gasteiger partial charge in [-0.3, -0.25) is 0 Å². The van der Waals surface area contributed by atoms with Gasteiger partial charge in [0.15, 0.2) is 0 Å². The Kier molecular flexibility index (Phi) is 4.23. The summed E-state index contributed by atoms with van der Waals surface area (Å²) in [6.45, 7) is 4.06. The van der Waals surface area contributed by atoms with Crippen LogP contribution in [0.25, 0.3) is 0 Å². The molecule has 0 heterocycles. The molecule has 0 aliphatic rings. The normalized spacial score (nSPS) is 12.5. The van der Waals surface area contributed by atoms with Crippen LogP contribution in [0.5, 0.6) is 0 Å². The molecule has 0 saturated heterocycles. The SMILES string of the molecule is Cc1ccc(C)c(C(N)Cc2cc(F)ccc2Cl)c1. The van der Waals surface area contributed by atoms with Crippen molar-refractivity contribution in [1.82, 2.24) is 0 Å². The summed E-state index contributed by atoms with van der Waals surface area (Å²) >= 11 is 6.08. The Bertz CT molecular complexity index is 595. The highest BCUT2D eigenvalue weighted by atomic mass is 35.5. The van der Waals surface area contributed by atoms with Crippen molar-refractivity contribution in [3.8, 4) is 0 Å². The van der Waals surface area contributed by atoms with Crippen molar-refractivity contribution < 1.29 is 4.39 Å². The average Bonchev–Trinajstić information content (AvgIpc) is 2.36. The summed E-state index contributed by atoms with van der Waals surface area (Å²) in [5.74, 6) is -0.285. The maximum atomic E-state index is 13.2. The lowest BCUT2D eigenvalue weighted by Crippen LogP contribution is -2.15. The highest BCUT2D eigenvalue weighted by Crippen LogP contribution is 2.25. The summed E-state index contributed by atoms with van der Waals surface area (Å²) in [4.78, 5) is 0. The first-order valence-electron chi connectivity index (χ1n) is 6.24. The smallest absolute Gasteiger partial charge is 0.123 e. The molecule has 2 aromatic carbocycles. The van der Waals surface area contributed by atoms with Gasteiger partial charge in [-0.25, -0.2) is 4.39 Å². The first-order valence-corrected chi connectivity index (χ1v) is 6.62. The monoisotopic (exact) mass is 277 g/mol. The topological polar surface area (TPSA) is 26.0 Å². The maximum Gasteiger partial charge on any atom is 0.123 e. The van der Waals surface area contributed by atoms with E-state index in [-0.39, 0.29) is 11.9 Å². The van der Waals surface area contributed by atoms with Crippen molar-refractivity contribution in [1.29, 1.82) is 0 Å². The van der Waals surface area contributed by atoms with Crippen molar-refractivity contribution in [3.63, 3.8) is 0 Å². The fourth-order valence-electron chi connectivity index (χ4n) is 2.21. The Morgan fingerprint density at radius 3 is 2.63 bits per heavy atom. The average molecular weight is 278 g/mol. The van der Waals surface area contributed by atoms with Crippen LogP contribution < -0.4 is 5.73 Å². The third-order valence-electron chi connectivity index (χ3n) is 3.28. The molecule has 2 aromatic rings. The summed E-state index contributed by atoms with van der Waals surface area (Å²) in [6.07, 6.45) is 0.529. The molecular formula is C16H17ClFN. The summed E-state index contributed by atoms with van der Waals surface area (Å²) in [5.41, 5.74) is 10.4. The van der Waals surface area contributed by atoms with Crippen molar-refractivity contribution in [3.05, 3.63) is 69.5 Å². The second-order valence-corrected chi connectivity index (χ2v) is 5.31. The van der Waals surface area contributed by atoms with Gasteiger partial charge >= 0.3 is 0 Å². The molecule has 0 saturated carbocycles. The van der Waals surface area contributed by atoms with E-state index in [0.29, 0.717) is 11.4 Å². The summed E-state index contributed by atoms with van der Waals surface area (Å²) in [5, 5.41) is 0.558. The molecule has 2 N–H and O–H groups in total. The van der Waals surface area contributed by atoms with Crippen molar-refractivity contribution in [2.75, 3.05) is 0 Å². The zero-order chi connectivity index (χ0) is 14.0. The van der Waals surface area contributed by atoms with Gasteiger partial charge in [0.25, 0.3) is 0 Å². The summed E-state index contributed by atoms with van der Waals surface area (Å²) in [6, 6.07) is 10.4. The van der Waals surface area contributed by atoms with E-state index >= 15 is 0 Å². The lowest BCUT2D eigenvalue weighted by molar-refractivity contribution is 0.622. The Morgan fingerprint density at radius 1 is 1.16 bits per heavy atom. The van der Waals surface area contributed by atoms with Gasteiger partial charge < -0.3 is 5.73 Å². The zero-order valence-electron chi connectivity index (χ0n) is 11.1. The van der Waals surface area contributed by atoms with E-state index in [2.05, 4.69) is 18.2 Å². The molecule has 0 radical (unpaired) electrons. The molecule has 1 nitrogen and oxygen atoms in total. The highest BCUT2D eigenvalue weighted by molar-refractivity contribution is 6.31. The molecule has 0 aliphatic heterocycles. The number of rotatable bonds is 3. The lowest BCUT2D eigenvalue weighted by atomic mass is 9.94. The van der Waals surface area contributed by atoms with Gasteiger partial charge in [-0.1, -0.05) is 35.4 Å². The molecule has 1 atom stereocenters. The van der Waals surface area contributed by atoms with Crippen LogP contribution in [0.4, 0.5) is 4.39 Å². The van der Waals surface area contributed by atoms with Gasteiger partial charge in [-0.05, 0) is 55.2 Å². The number of hydrogen-bond acceptors (Lipinski definition) is 1. The number of halogens is 2. The maximum absolute atomic E-state index is 13.2. The first kappa shape index (κ1) is 14.0. The van der Waals surface area contributed by atoms with E-state index in [0.717, 1.165) is 16.7 Å². The van der Waals surface area contributed by atoms with Crippen LogP contribution in [0.3, 0.4) is 0 Å². The van der Waals surface area contributed by atoms with Gasteiger partial charge in [0.05, 0.1) is 0 Å².